The molecule has 1 N–H and O–H groups in total. The number of hydrogen-bond donors (Lipinski definition) is 1. The Labute approximate surface area is 244 Å². The number of morpholine rings is 1. The number of hydrogen-bond acceptors (Lipinski definition) is 9. The number of H-pyrrole nitrogens is 1. The van der Waals surface area contributed by atoms with Crippen molar-refractivity contribution in [1.82, 2.24) is 34.3 Å². The molecular formula is C29H37FN8O3S. The van der Waals surface area contributed by atoms with Crippen LogP contribution < -0.4 is 4.90 Å². The first kappa shape index (κ1) is 27.7. The van der Waals surface area contributed by atoms with Gasteiger partial charge in [0.25, 0.3) is 0 Å². The third kappa shape index (κ3) is 5.16. The van der Waals surface area contributed by atoms with E-state index in [0.717, 1.165) is 59.6 Å². The molecule has 3 fully saturated rings. The second kappa shape index (κ2) is 11.2. The lowest BCUT2D eigenvalue weighted by atomic mass is 10.0. The average molecular weight is 597 g/mol. The number of aryl methyl sites for hydroxylation is 1. The number of imidazole rings is 1. The summed E-state index contributed by atoms with van der Waals surface area (Å²) in [6, 6.07) is 5.49. The van der Waals surface area contributed by atoms with Crippen molar-refractivity contribution in [3.63, 3.8) is 0 Å². The number of fused-ring (bicyclic) bond motifs is 2. The van der Waals surface area contributed by atoms with E-state index in [1.165, 1.54) is 6.07 Å². The van der Waals surface area contributed by atoms with Crippen LogP contribution in [0.3, 0.4) is 0 Å². The highest BCUT2D eigenvalue weighted by molar-refractivity contribution is 7.91. The number of nitrogens with zero attached hydrogens (tertiary/aromatic N) is 7. The normalized spacial score (nSPS) is 21.0. The first-order valence-corrected chi connectivity index (χ1v) is 16.7. The highest BCUT2D eigenvalue weighted by Crippen LogP contribution is 2.34. The second-order valence-corrected chi connectivity index (χ2v) is 13.8. The van der Waals surface area contributed by atoms with Crippen LogP contribution in [-0.4, -0.2) is 113 Å². The zero-order chi connectivity index (χ0) is 28.8. The van der Waals surface area contributed by atoms with Gasteiger partial charge in [-0.1, -0.05) is 0 Å². The number of likely N-dealkylation sites (tertiary alicyclic amines) is 1. The Morgan fingerprint density at radius 1 is 1.00 bits per heavy atom. The molecule has 0 atom stereocenters. The third-order valence-corrected chi connectivity index (χ3v) is 10.6. The number of rotatable bonds is 6. The summed E-state index contributed by atoms with van der Waals surface area (Å²) < 4.78 is 46.9. The molecule has 0 spiro atoms. The summed E-state index contributed by atoms with van der Waals surface area (Å²) in [7, 11) is -2.88. The van der Waals surface area contributed by atoms with Crippen molar-refractivity contribution in [3.05, 3.63) is 36.0 Å². The summed E-state index contributed by atoms with van der Waals surface area (Å²) in [6.45, 7) is 9.15. The predicted molar refractivity (Wildman–Crippen MR) is 160 cm³/mol. The molecule has 224 valence electrons. The summed E-state index contributed by atoms with van der Waals surface area (Å²) >= 11 is 0. The van der Waals surface area contributed by atoms with Crippen LogP contribution in [0.1, 0.15) is 25.6 Å². The number of halogens is 1. The van der Waals surface area contributed by atoms with Crippen LogP contribution in [0.5, 0.6) is 0 Å². The van der Waals surface area contributed by atoms with E-state index in [1.54, 1.807) is 12.3 Å². The molecule has 3 aromatic heterocycles. The highest BCUT2D eigenvalue weighted by Gasteiger charge is 2.31. The monoisotopic (exact) mass is 596 g/mol. The summed E-state index contributed by atoms with van der Waals surface area (Å²) in [4.78, 5) is 25.2. The number of aromatic amines is 1. The molecule has 42 heavy (non-hydrogen) atoms. The molecule has 7 rings (SSSR count). The van der Waals surface area contributed by atoms with Gasteiger partial charge in [0.2, 0.25) is 0 Å². The molecule has 0 radical (unpaired) electrons. The van der Waals surface area contributed by atoms with Gasteiger partial charge in [0.1, 0.15) is 11.6 Å². The molecule has 0 aliphatic carbocycles. The minimum atomic E-state index is -2.88. The number of nitrogens with one attached hydrogen (secondary N) is 1. The quantitative estimate of drug-likeness (QED) is 0.359. The largest absolute Gasteiger partial charge is 0.378 e. The lowest BCUT2D eigenvalue weighted by Crippen LogP contribution is -2.50. The summed E-state index contributed by atoms with van der Waals surface area (Å²) in [6.07, 6.45) is 3.82. The molecule has 0 unspecified atom stereocenters. The van der Waals surface area contributed by atoms with Crippen LogP contribution in [0.4, 0.5) is 10.2 Å². The molecule has 4 aromatic rings. The van der Waals surface area contributed by atoms with E-state index >= 15 is 4.39 Å². The van der Waals surface area contributed by atoms with Crippen molar-refractivity contribution in [2.45, 2.75) is 38.9 Å². The Morgan fingerprint density at radius 3 is 2.50 bits per heavy atom. The van der Waals surface area contributed by atoms with Gasteiger partial charge >= 0.3 is 0 Å². The van der Waals surface area contributed by atoms with Crippen LogP contribution in [0.25, 0.3) is 33.5 Å². The molecule has 3 aliphatic heterocycles. The van der Waals surface area contributed by atoms with Gasteiger partial charge in [0.05, 0.1) is 36.8 Å². The van der Waals surface area contributed by atoms with Crippen molar-refractivity contribution < 1.29 is 17.5 Å². The lowest BCUT2D eigenvalue weighted by molar-refractivity contribution is 0.109. The van der Waals surface area contributed by atoms with E-state index in [9.17, 15) is 8.42 Å². The number of aromatic nitrogens is 5. The second-order valence-electron chi connectivity index (χ2n) is 11.5. The Morgan fingerprint density at radius 2 is 1.76 bits per heavy atom. The molecular weight excluding hydrogens is 559 g/mol. The standard InChI is InChI=1S/C29H37FN8O3S/c1-2-38-24(19-35-9-6-20(7-10-35)36-13-17-42(39,40)18-14-36)32-26-28(37-11-15-41-16-12-37)33-27(34-29(26)38)25-21-5-8-31-23(21)4-3-22(25)30/h3-5,8,20,31H,2,6-7,9-19H2,1H3. The smallest absolute Gasteiger partial charge is 0.167 e. The van der Waals surface area contributed by atoms with Gasteiger partial charge < -0.3 is 19.2 Å². The van der Waals surface area contributed by atoms with E-state index in [2.05, 4.69) is 31.2 Å². The van der Waals surface area contributed by atoms with Crippen LogP contribution in [-0.2, 0) is 27.7 Å². The van der Waals surface area contributed by atoms with Crippen LogP contribution in [0.2, 0.25) is 0 Å². The van der Waals surface area contributed by atoms with Crippen LogP contribution in [0, 0.1) is 5.82 Å². The van der Waals surface area contributed by atoms with Crippen molar-refractivity contribution in [1.29, 1.82) is 0 Å². The number of anilines is 1. The zero-order valence-corrected chi connectivity index (χ0v) is 24.7. The predicted octanol–water partition coefficient (Wildman–Crippen LogP) is 2.67. The Hall–Kier alpha value is -3.13. The van der Waals surface area contributed by atoms with Gasteiger partial charge in [-0.25, -0.2) is 27.8 Å². The van der Waals surface area contributed by atoms with Crippen molar-refractivity contribution in [2.75, 3.05) is 68.9 Å². The van der Waals surface area contributed by atoms with E-state index in [4.69, 9.17) is 19.7 Å². The van der Waals surface area contributed by atoms with Crippen LogP contribution >= 0.6 is 0 Å². The fourth-order valence-corrected chi connectivity index (χ4v) is 7.89. The van der Waals surface area contributed by atoms with Gasteiger partial charge in [-0.05, 0) is 38.0 Å². The summed E-state index contributed by atoms with van der Waals surface area (Å²) in [5, 5.41) is 0.749. The van der Waals surface area contributed by atoms with Gasteiger partial charge in [-0.15, -0.1) is 0 Å². The van der Waals surface area contributed by atoms with Gasteiger partial charge in [0.15, 0.2) is 32.6 Å². The fourth-order valence-electron chi connectivity index (χ4n) is 6.66. The Kier molecular flexibility index (Phi) is 7.37. The van der Waals surface area contributed by atoms with Gasteiger partial charge in [-0.2, -0.15) is 0 Å². The van der Waals surface area contributed by atoms with E-state index in [-0.39, 0.29) is 17.3 Å². The molecule has 0 bridgehead atoms. The third-order valence-electron chi connectivity index (χ3n) is 9.01. The van der Waals surface area contributed by atoms with Crippen LogP contribution in [0.15, 0.2) is 24.4 Å². The number of piperidine rings is 1. The summed E-state index contributed by atoms with van der Waals surface area (Å²) in [5.41, 5.74) is 2.68. The van der Waals surface area contributed by atoms with E-state index in [1.807, 2.05) is 6.07 Å². The number of ether oxygens (including phenoxy) is 1. The van der Waals surface area contributed by atoms with Crippen molar-refractivity contribution in [2.24, 2.45) is 0 Å². The molecule has 11 nitrogen and oxygen atoms in total. The molecule has 3 aliphatic rings. The van der Waals surface area contributed by atoms with Crippen molar-refractivity contribution in [3.8, 4) is 11.4 Å². The minimum Gasteiger partial charge on any atom is -0.378 e. The topological polar surface area (TPSA) is 112 Å². The maximum atomic E-state index is 15.4. The summed E-state index contributed by atoms with van der Waals surface area (Å²) in [5.74, 6) is 2.19. The fraction of sp³-hybridized carbons (Fsp3) is 0.552. The number of sulfone groups is 1. The SMILES string of the molecule is CCn1c(CN2CCC(N3CCS(=O)(=O)CC3)CC2)nc2c(N3CCOCC3)nc(-c3c(F)ccc4[nH]ccc34)nc21. The zero-order valence-electron chi connectivity index (χ0n) is 23.9. The Balaban J connectivity index is 1.21. The van der Waals surface area contributed by atoms with E-state index < -0.39 is 9.84 Å². The van der Waals surface area contributed by atoms with Gasteiger partial charge in [0, 0.05) is 69.0 Å². The molecule has 1 aromatic carbocycles. The Bertz CT molecular complexity index is 1690. The molecule has 3 saturated heterocycles. The van der Waals surface area contributed by atoms with Gasteiger partial charge in [-0.3, -0.25) is 9.80 Å². The number of benzene rings is 1. The average Bonchev–Trinajstić information content (AvgIpc) is 3.61. The van der Waals surface area contributed by atoms with E-state index in [0.29, 0.717) is 69.9 Å². The molecule has 0 saturated carbocycles. The van der Waals surface area contributed by atoms with Crippen molar-refractivity contribution >= 4 is 37.7 Å². The minimum absolute atomic E-state index is 0.269. The first-order valence-electron chi connectivity index (χ1n) is 14.9. The maximum Gasteiger partial charge on any atom is 0.167 e. The maximum absolute atomic E-state index is 15.4. The molecule has 6 heterocycles. The lowest BCUT2D eigenvalue weighted by Gasteiger charge is -2.39. The molecule has 13 heteroatoms. The highest BCUT2D eigenvalue weighted by atomic mass is 32.2. The molecule has 0 amide bonds. The first-order chi connectivity index (χ1) is 20.4.